The second kappa shape index (κ2) is 6.58. The summed E-state index contributed by atoms with van der Waals surface area (Å²) >= 11 is 0. The Labute approximate surface area is 136 Å². The molecule has 1 amide bonds. The average molecular weight is 316 g/mol. The zero-order valence-corrected chi connectivity index (χ0v) is 13.8. The van der Waals surface area contributed by atoms with Crippen LogP contribution in [0.1, 0.15) is 26.1 Å². The van der Waals surface area contributed by atoms with Crippen molar-refractivity contribution in [1.29, 1.82) is 0 Å². The van der Waals surface area contributed by atoms with Gasteiger partial charge in [-0.15, -0.1) is 0 Å². The van der Waals surface area contributed by atoms with Gasteiger partial charge in [-0.25, -0.2) is 14.3 Å². The Morgan fingerprint density at radius 3 is 2.74 bits per heavy atom. The molecule has 1 aromatic heterocycles. The second-order valence-corrected chi connectivity index (χ2v) is 6.38. The van der Waals surface area contributed by atoms with E-state index in [1.807, 2.05) is 12.1 Å². The Bertz CT molecular complexity index is 702. The van der Waals surface area contributed by atoms with Gasteiger partial charge in [0.05, 0.1) is 24.4 Å². The van der Waals surface area contributed by atoms with E-state index in [4.69, 9.17) is 15.5 Å². The number of hydrogen-bond donors (Lipinski definition) is 1. The van der Waals surface area contributed by atoms with E-state index in [2.05, 4.69) is 24.8 Å². The molecule has 3 rings (SSSR count). The number of aryl methyl sites for hydroxylation is 1. The smallest absolute Gasteiger partial charge is 0.324 e. The average Bonchev–Trinajstić information content (AvgIpc) is 2.92. The number of nitrogens with two attached hydrogens (primary N) is 1. The molecular formula is C17H24N4O2. The number of fused-ring (bicyclic) bond motifs is 1. The van der Waals surface area contributed by atoms with Crippen LogP contribution in [0.15, 0.2) is 18.2 Å². The zero-order chi connectivity index (χ0) is 16.4. The number of nitrogens with zero attached hydrogens (tertiary/aromatic N) is 3. The van der Waals surface area contributed by atoms with Gasteiger partial charge in [-0.2, -0.15) is 0 Å². The lowest BCUT2D eigenvalue weighted by Crippen LogP contribution is -2.36. The largest absolute Gasteiger partial charge is 0.378 e. The SMILES string of the molecule is CC(C)CCc1nc2c(N3CCOCC3)cccc2n1C(N)=O. The summed E-state index contributed by atoms with van der Waals surface area (Å²) in [5.74, 6) is 1.30. The van der Waals surface area contributed by atoms with Crippen LogP contribution in [0.2, 0.25) is 0 Å². The predicted octanol–water partition coefficient (Wildman–Crippen LogP) is 2.39. The number of carbonyl (C=O) groups excluding carboxylic acids is 1. The quantitative estimate of drug-likeness (QED) is 0.940. The molecule has 1 aliphatic rings. The first-order chi connectivity index (χ1) is 11.1. The van der Waals surface area contributed by atoms with Gasteiger partial charge in [0.2, 0.25) is 0 Å². The molecule has 23 heavy (non-hydrogen) atoms. The molecule has 6 heteroatoms. The number of carbonyl (C=O) groups is 1. The Hall–Kier alpha value is -2.08. The Morgan fingerprint density at radius 1 is 1.35 bits per heavy atom. The molecule has 6 nitrogen and oxygen atoms in total. The first-order valence-corrected chi connectivity index (χ1v) is 8.20. The van der Waals surface area contributed by atoms with Crippen molar-refractivity contribution in [2.45, 2.75) is 26.7 Å². The zero-order valence-electron chi connectivity index (χ0n) is 13.8. The molecule has 124 valence electrons. The van der Waals surface area contributed by atoms with Crippen molar-refractivity contribution < 1.29 is 9.53 Å². The molecule has 2 N–H and O–H groups in total. The van der Waals surface area contributed by atoms with E-state index in [1.165, 1.54) is 0 Å². The minimum Gasteiger partial charge on any atom is -0.378 e. The predicted molar refractivity (Wildman–Crippen MR) is 90.9 cm³/mol. The van der Waals surface area contributed by atoms with Gasteiger partial charge in [-0.1, -0.05) is 19.9 Å². The van der Waals surface area contributed by atoms with E-state index in [-0.39, 0.29) is 0 Å². The first-order valence-electron chi connectivity index (χ1n) is 8.20. The van der Waals surface area contributed by atoms with Gasteiger partial charge < -0.3 is 15.4 Å². The summed E-state index contributed by atoms with van der Waals surface area (Å²) in [5, 5.41) is 0. The number of primary amides is 1. The highest BCUT2D eigenvalue weighted by Crippen LogP contribution is 2.28. The van der Waals surface area contributed by atoms with E-state index in [0.29, 0.717) is 19.1 Å². The summed E-state index contributed by atoms with van der Waals surface area (Å²) in [6.45, 7) is 7.43. The van der Waals surface area contributed by atoms with Crippen molar-refractivity contribution in [3.05, 3.63) is 24.0 Å². The minimum atomic E-state index is -0.467. The number of rotatable bonds is 4. The number of amides is 1. The topological polar surface area (TPSA) is 73.4 Å². The molecule has 0 spiro atoms. The number of benzene rings is 1. The Morgan fingerprint density at radius 2 is 2.09 bits per heavy atom. The van der Waals surface area contributed by atoms with Crippen LogP contribution >= 0.6 is 0 Å². The van der Waals surface area contributed by atoms with Gasteiger partial charge in [0.25, 0.3) is 0 Å². The lowest BCUT2D eigenvalue weighted by atomic mass is 10.1. The molecule has 1 fully saturated rings. The molecular weight excluding hydrogens is 292 g/mol. The fourth-order valence-corrected chi connectivity index (χ4v) is 3.02. The maximum absolute atomic E-state index is 11.9. The van der Waals surface area contributed by atoms with Crippen LogP contribution in [0.3, 0.4) is 0 Å². The lowest BCUT2D eigenvalue weighted by molar-refractivity contribution is 0.123. The van der Waals surface area contributed by atoms with Gasteiger partial charge in [0, 0.05) is 19.5 Å². The van der Waals surface area contributed by atoms with Crippen LogP contribution in [0.25, 0.3) is 11.0 Å². The van der Waals surface area contributed by atoms with Gasteiger partial charge in [-0.3, -0.25) is 0 Å². The molecule has 0 atom stereocenters. The first kappa shape index (κ1) is 15.8. The van der Waals surface area contributed by atoms with E-state index < -0.39 is 6.03 Å². The van der Waals surface area contributed by atoms with Gasteiger partial charge >= 0.3 is 6.03 Å². The standard InChI is InChI=1S/C17H24N4O2/c1-12(2)6-7-15-19-16-13(20-8-10-23-11-9-20)4-3-5-14(16)21(15)17(18)22/h3-5,12H,6-11H2,1-2H3,(H2,18,22). The van der Waals surface area contributed by atoms with Crippen molar-refractivity contribution in [2.75, 3.05) is 31.2 Å². The molecule has 2 heterocycles. The number of hydrogen-bond acceptors (Lipinski definition) is 4. The maximum atomic E-state index is 11.9. The van der Waals surface area contributed by atoms with Gasteiger partial charge in [0.1, 0.15) is 11.3 Å². The van der Waals surface area contributed by atoms with Crippen LogP contribution in [-0.2, 0) is 11.2 Å². The number of para-hydroxylation sites is 1. The summed E-state index contributed by atoms with van der Waals surface area (Å²) < 4.78 is 6.98. The van der Waals surface area contributed by atoms with E-state index in [9.17, 15) is 4.79 Å². The van der Waals surface area contributed by atoms with E-state index in [0.717, 1.165) is 48.5 Å². The molecule has 1 saturated heterocycles. The fraction of sp³-hybridized carbons (Fsp3) is 0.529. The number of imidazole rings is 1. The van der Waals surface area contributed by atoms with Crippen LogP contribution in [0.4, 0.5) is 10.5 Å². The molecule has 0 radical (unpaired) electrons. The number of aromatic nitrogens is 2. The third-order valence-corrected chi connectivity index (χ3v) is 4.25. The summed E-state index contributed by atoms with van der Waals surface area (Å²) in [5.41, 5.74) is 8.31. The fourth-order valence-electron chi connectivity index (χ4n) is 3.02. The second-order valence-electron chi connectivity index (χ2n) is 6.38. The lowest BCUT2D eigenvalue weighted by Gasteiger charge is -2.28. The summed E-state index contributed by atoms with van der Waals surface area (Å²) in [6, 6.07) is 5.46. The molecule has 0 aliphatic carbocycles. The number of ether oxygens (including phenoxy) is 1. The third kappa shape index (κ3) is 3.17. The normalized spacial score (nSPS) is 15.5. The van der Waals surface area contributed by atoms with Crippen molar-refractivity contribution in [1.82, 2.24) is 9.55 Å². The van der Waals surface area contributed by atoms with Crippen LogP contribution in [0.5, 0.6) is 0 Å². The van der Waals surface area contributed by atoms with Crippen molar-refractivity contribution >= 4 is 22.8 Å². The molecule has 1 aromatic carbocycles. The highest BCUT2D eigenvalue weighted by molar-refractivity contribution is 5.95. The van der Waals surface area contributed by atoms with E-state index in [1.54, 1.807) is 4.57 Å². The molecule has 0 saturated carbocycles. The Balaban J connectivity index is 2.06. The van der Waals surface area contributed by atoms with E-state index >= 15 is 0 Å². The highest BCUT2D eigenvalue weighted by Gasteiger charge is 2.20. The van der Waals surface area contributed by atoms with Crippen molar-refractivity contribution in [2.24, 2.45) is 11.7 Å². The summed E-state index contributed by atoms with van der Waals surface area (Å²) in [6.07, 6.45) is 1.72. The third-order valence-electron chi connectivity index (χ3n) is 4.25. The van der Waals surface area contributed by atoms with Crippen LogP contribution in [0, 0.1) is 5.92 Å². The molecule has 0 unspecified atom stereocenters. The summed E-state index contributed by atoms with van der Waals surface area (Å²) in [4.78, 5) is 19.0. The molecule has 0 bridgehead atoms. The maximum Gasteiger partial charge on any atom is 0.324 e. The van der Waals surface area contributed by atoms with Crippen LogP contribution < -0.4 is 10.6 Å². The molecule has 2 aromatic rings. The highest BCUT2D eigenvalue weighted by atomic mass is 16.5. The molecule has 1 aliphatic heterocycles. The van der Waals surface area contributed by atoms with Crippen molar-refractivity contribution in [3.63, 3.8) is 0 Å². The number of anilines is 1. The monoisotopic (exact) mass is 316 g/mol. The van der Waals surface area contributed by atoms with Gasteiger partial charge in [0.15, 0.2) is 0 Å². The van der Waals surface area contributed by atoms with Gasteiger partial charge in [-0.05, 0) is 24.5 Å². The van der Waals surface area contributed by atoms with Crippen LogP contribution in [-0.4, -0.2) is 41.9 Å². The van der Waals surface area contributed by atoms with Crippen molar-refractivity contribution in [3.8, 4) is 0 Å². The number of morpholine rings is 1. The Kier molecular flexibility index (Phi) is 4.52. The summed E-state index contributed by atoms with van der Waals surface area (Å²) in [7, 11) is 0. The minimum absolute atomic E-state index is 0.467.